The van der Waals surface area contributed by atoms with Crippen molar-refractivity contribution in [3.05, 3.63) is 58.4 Å². The second-order valence-electron chi connectivity index (χ2n) is 7.57. The number of carbonyl (C=O) groups is 1. The quantitative estimate of drug-likeness (QED) is 0.288. The fourth-order valence-corrected chi connectivity index (χ4v) is 4.18. The summed E-state index contributed by atoms with van der Waals surface area (Å²) in [5.74, 6) is -0.613. The molecule has 2 heterocycles. The summed E-state index contributed by atoms with van der Waals surface area (Å²) in [5.41, 5.74) is 0.481. The number of hydrogen-bond donors (Lipinski definition) is 1. The number of carboxylic acids is 1. The molecular formula is C23H20ClF3N2O4. The van der Waals surface area contributed by atoms with Crippen molar-refractivity contribution in [2.45, 2.75) is 38.9 Å². The smallest absolute Gasteiger partial charge is 0.437 e. The maximum absolute atomic E-state index is 13.2. The molecule has 0 aliphatic carbocycles. The largest absolute Gasteiger partial charge is 0.493 e. The summed E-state index contributed by atoms with van der Waals surface area (Å²) < 4.78 is 52.3. The lowest BCUT2D eigenvalue weighted by Crippen LogP contribution is -2.07. The molecule has 0 fully saturated rings. The molecule has 0 aliphatic heterocycles. The first kappa shape index (κ1) is 23.0. The summed E-state index contributed by atoms with van der Waals surface area (Å²) >= 11 is 6.21. The SMILES string of the molecule is CCCc1c(OCCCn2ccc3c(Cl)c(C(=O)O)ccc32)ccc2c(C(F)(F)F)noc12. The number of aryl methyl sites for hydroxylation is 2. The van der Waals surface area contributed by atoms with Crippen LogP contribution in [0.15, 0.2) is 41.1 Å². The molecule has 4 rings (SSSR count). The van der Waals surface area contributed by atoms with Crippen molar-refractivity contribution in [2.75, 3.05) is 6.61 Å². The first-order chi connectivity index (χ1) is 15.7. The molecule has 0 bridgehead atoms. The van der Waals surface area contributed by atoms with E-state index in [9.17, 15) is 23.1 Å². The van der Waals surface area contributed by atoms with Gasteiger partial charge in [0, 0.05) is 29.2 Å². The lowest BCUT2D eigenvalue weighted by atomic mass is 10.0. The van der Waals surface area contributed by atoms with Gasteiger partial charge in [0.15, 0.2) is 11.3 Å². The second kappa shape index (κ2) is 8.97. The molecule has 33 heavy (non-hydrogen) atoms. The average Bonchev–Trinajstić information content (AvgIpc) is 3.37. The lowest BCUT2D eigenvalue weighted by Gasteiger charge is -2.12. The van der Waals surface area contributed by atoms with E-state index in [1.54, 1.807) is 12.1 Å². The molecule has 2 aromatic carbocycles. The van der Waals surface area contributed by atoms with E-state index in [2.05, 4.69) is 5.16 Å². The number of aromatic carboxylic acids is 1. The van der Waals surface area contributed by atoms with Crippen molar-refractivity contribution in [3.63, 3.8) is 0 Å². The van der Waals surface area contributed by atoms with Gasteiger partial charge in [0.25, 0.3) is 0 Å². The van der Waals surface area contributed by atoms with Crippen LogP contribution in [0.4, 0.5) is 13.2 Å². The van der Waals surface area contributed by atoms with E-state index in [0.717, 1.165) is 5.52 Å². The third-order valence-electron chi connectivity index (χ3n) is 5.39. The highest BCUT2D eigenvalue weighted by molar-refractivity contribution is 6.38. The van der Waals surface area contributed by atoms with E-state index in [1.807, 2.05) is 17.7 Å². The van der Waals surface area contributed by atoms with Gasteiger partial charge >= 0.3 is 12.1 Å². The highest BCUT2D eigenvalue weighted by atomic mass is 35.5. The topological polar surface area (TPSA) is 77.5 Å². The van der Waals surface area contributed by atoms with E-state index < -0.39 is 17.8 Å². The summed E-state index contributed by atoms with van der Waals surface area (Å²) in [6.45, 7) is 2.82. The number of rotatable bonds is 8. The van der Waals surface area contributed by atoms with Gasteiger partial charge in [-0.1, -0.05) is 30.1 Å². The maximum Gasteiger partial charge on any atom is 0.437 e. The van der Waals surface area contributed by atoms with Crippen LogP contribution >= 0.6 is 11.6 Å². The minimum atomic E-state index is -4.59. The van der Waals surface area contributed by atoms with Crippen molar-refractivity contribution < 1.29 is 32.3 Å². The van der Waals surface area contributed by atoms with Crippen LogP contribution in [0.5, 0.6) is 5.75 Å². The average molecular weight is 481 g/mol. The predicted octanol–water partition coefficient (Wildman–Crippen LogP) is 6.57. The number of hydrogen-bond acceptors (Lipinski definition) is 4. The van der Waals surface area contributed by atoms with Crippen LogP contribution in [0.25, 0.3) is 21.9 Å². The fourth-order valence-electron chi connectivity index (χ4n) is 3.88. The van der Waals surface area contributed by atoms with Gasteiger partial charge in [0.1, 0.15) is 5.75 Å². The molecule has 0 atom stereocenters. The van der Waals surface area contributed by atoms with Gasteiger partial charge in [-0.15, -0.1) is 0 Å². The Morgan fingerprint density at radius 3 is 2.70 bits per heavy atom. The molecule has 4 aromatic rings. The Kier molecular flexibility index (Phi) is 6.25. The highest BCUT2D eigenvalue weighted by Gasteiger charge is 2.37. The standard InChI is InChI=1S/C23H20ClF3N2O4/c1-2-4-14-18(8-6-16-20(14)33-28-21(16)23(25,26)27)32-12-3-10-29-11-9-13-17(29)7-5-15(19(13)24)22(30)31/h5-9,11H,2-4,10,12H2,1H3,(H,30,31). The second-order valence-corrected chi connectivity index (χ2v) is 7.95. The van der Waals surface area contributed by atoms with E-state index in [-0.39, 0.29) is 21.6 Å². The molecule has 0 radical (unpaired) electrons. The zero-order valence-corrected chi connectivity index (χ0v) is 18.3. The van der Waals surface area contributed by atoms with Crippen LogP contribution in [0, 0.1) is 0 Å². The van der Waals surface area contributed by atoms with Gasteiger partial charge < -0.3 is 18.9 Å². The van der Waals surface area contributed by atoms with Gasteiger partial charge in [-0.25, -0.2) is 4.79 Å². The Hall–Kier alpha value is -3.20. The highest BCUT2D eigenvalue weighted by Crippen LogP contribution is 2.38. The minimum Gasteiger partial charge on any atom is -0.493 e. The molecule has 0 saturated carbocycles. The van der Waals surface area contributed by atoms with E-state index in [0.29, 0.717) is 49.1 Å². The van der Waals surface area contributed by atoms with Crippen molar-refractivity contribution in [3.8, 4) is 5.75 Å². The van der Waals surface area contributed by atoms with Gasteiger partial charge in [-0.3, -0.25) is 0 Å². The first-order valence-corrected chi connectivity index (χ1v) is 10.7. The molecule has 2 aromatic heterocycles. The molecular weight excluding hydrogens is 461 g/mol. The number of nitrogens with zero attached hydrogens (tertiary/aromatic N) is 2. The summed E-state index contributed by atoms with van der Waals surface area (Å²) in [4.78, 5) is 11.2. The molecule has 0 saturated heterocycles. The van der Waals surface area contributed by atoms with Crippen molar-refractivity contribution in [2.24, 2.45) is 0 Å². The Morgan fingerprint density at radius 2 is 2.00 bits per heavy atom. The van der Waals surface area contributed by atoms with Crippen molar-refractivity contribution >= 4 is 39.4 Å². The minimum absolute atomic E-state index is 0.0465. The van der Waals surface area contributed by atoms with E-state index in [1.165, 1.54) is 18.2 Å². The Bertz CT molecular complexity index is 1330. The van der Waals surface area contributed by atoms with Crippen LogP contribution in [-0.4, -0.2) is 27.4 Å². The maximum atomic E-state index is 13.2. The lowest BCUT2D eigenvalue weighted by molar-refractivity contribution is -0.141. The first-order valence-electron chi connectivity index (χ1n) is 10.3. The van der Waals surface area contributed by atoms with Crippen LogP contribution in [0.2, 0.25) is 5.02 Å². The van der Waals surface area contributed by atoms with Gasteiger partial charge in [-0.2, -0.15) is 13.2 Å². The van der Waals surface area contributed by atoms with E-state index in [4.69, 9.17) is 20.9 Å². The zero-order valence-electron chi connectivity index (χ0n) is 17.6. The van der Waals surface area contributed by atoms with Crippen LogP contribution in [0.1, 0.15) is 41.4 Å². The number of halogens is 4. The normalized spacial score (nSPS) is 12.0. The molecule has 0 aliphatic rings. The molecule has 1 N–H and O–H groups in total. The third kappa shape index (κ3) is 4.37. The van der Waals surface area contributed by atoms with Crippen LogP contribution in [0.3, 0.4) is 0 Å². The number of benzene rings is 2. The summed E-state index contributed by atoms with van der Waals surface area (Å²) in [6, 6.07) is 7.79. The number of carboxylic acid groups (broad SMARTS) is 1. The Labute approximate surface area is 191 Å². The Balaban J connectivity index is 1.49. The molecule has 0 spiro atoms. The summed E-state index contributed by atoms with van der Waals surface area (Å²) in [5, 5.41) is 13.2. The number of fused-ring (bicyclic) bond motifs is 2. The molecule has 10 heteroatoms. The Morgan fingerprint density at radius 1 is 1.21 bits per heavy atom. The number of aromatic nitrogens is 2. The van der Waals surface area contributed by atoms with E-state index >= 15 is 0 Å². The fraction of sp³-hybridized carbons (Fsp3) is 0.304. The molecule has 0 amide bonds. The van der Waals surface area contributed by atoms with Crippen LogP contribution in [-0.2, 0) is 19.1 Å². The van der Waals surface area contributed by atoms with Crippen LogP contribution < -0.4 is 4.74 Å². The zero-order chi connectivity index (χ0) is 23.8. The molecule has 6 nitrogen and oxygen atoms in total. The molecule has 174 valence electrons. The monoisotopic (exact) mass is 480 g/mol. The number of alkyl halides is 3. The predicted molar refractivity (Wildman–Crippen MR) is 117 cm³/mol. The van der Waals surface area contributed by atoms with Gasteiger partial charge in [0.05, 0.1) is 22.6 Å². The van der Waals surface area contributed by atoms with Gasteiger partial charge in [0.2, 0.25) is 0 Å². The summed E-state index contributed by atoms with van der Waals surface area (Å²) in [7, 11) is 0. The van der Waals surface area contributed by atoms with Gasteiger partial charge in [-0.05, 0) is 43.2 Å². The van der Waals surface area contributed by atoms with Crippen molar-refractivity contribution in [1.29, 1.82) is 0 Å². The number of ether oxygens (including phenoxy) is 1. The molecule has 0 unspecified atom stereocenters. The van der Waals surface area contributed by atoms with Crippen molar-refractivity contribution in [1.82, 2.24) is 9.72 Å². The summed E-state index contributed by atoms with van der Waals surface area (Å²) in [6.07, 6.45) is -0.970. The third-order valence-corrected chi connectivity index (χ3v) is 5.80.